The van der Waals surface area contributed by atoms with Crippen molar-refractivity contribution in [2.45, 2.75) is 6.42 Å². The molecule has 0 heterocycles. The van der Waals surface area contributed by atoms with E-state index in [-0.39, 0.29) is 11.4 Å². The lowest BCUT2D eigenvalue weighted by atomic mass is 10.3. The second-order valence-electron chi connectivity index (χ2n) is 4.60. The van der Waals surface area contributed by atoms with Crippen LogP contribution in [0.15, 0.2) is 42.5 Å². The molecule has 2 rings (SSSR count). The van der Waals surface area contributed by atoms with Crippen LogP contribution in [0.2, 0.25) is 5.02 Å². The van der Waals surface area contributed by atoms with Crippen molar-refractivity contribution in [3.63, 3.8) is 0 Å². The summed E-state index contributed by atoms with van der Waals surface area (Å²) in [6.07, 6.45) is 0.589. The summed E-state index contributed by atoms with van der Waals surface area (Å²) in [6.45, 7) is 0.742. The van der Waals surface area contributed by atoms with Crippen LogP contribution in [-0.4, -0.2) is 25.2 Å². The summed E-state index contributed by atoms with van der Waals surface area (Å²) in [5.74, 6) is 1.68. The van der Waals surface area contributed by atoms with Crippen molar-refractivity contribution < 1.29 is 19.1 Å². The Morgan fingerprint density at radius 2 is 1.70 bits per heavy atom. The number of halogens is 1. The van der Waals surface area contributed by atoms with Gasteiger partial charge in [0.25, 0.3) is 0 Å². The number of nitro benzene ring substituents is 1. The number of hydrogen-bond acceptors (Lipinski definition) is 5. The minimum Gasteiger partial charge on any atom is -0.497 e. The number of ether oxygens (including phenoxy) is 3. The highest BCUT2D eigenvalue weighted by Gasteiger charge is 2.15. The highest BCUT2D eigenvalue weighted by atomic mass is 35.5. The van der Waals surface area contributed by atoms with E-state index in [2.05, 4.69) is 0 Å². The maximum absolute atomic E-state index is 10.9. The molecule has 0 aromatic heterocycles. The largest absolute Gasteiger partial charge is 0.497 e. The first-order valence-electron chi connectivity index (χ1n) is 6.94. The van der Waals surface area contributed by atoms with Gasteiger partial charge < -0.3 is 14.2 Å². The van der Waals surface area contributed by atoms with E-state index in [1.807, 2.05) is 24.3 Å². The molecule has 0 spiro atoms. The summed E-state index contributed by atoms with van der Waals surface area (Å²) in [5, 5.41) is 11.2. The average molecular weight is 338 g/mol. The smallest absolute Gasteiger partial charge is 0.312 e. The third kappa shape index (κ3) is 5.03. The van der Waals surface area contributed by atoms with E-state index in [0.717, 1.165) is 11.5 Å². The average Bonchev–Trinajstić information content (AvgIpc) is 2.56. The quantitative estimate of drug-likeness (QED) is 0.412. The van der Waals surface area contributed by atoms with Crippen molar-refractivity contribution in [2.24, 2.45) is 0 Å². The van der Waals surface area contributed by atoms with Crippen LogP contribution in [0.4, 0.5) is 5.69 Å². The highest BCUT2D eigenvalue weighted by Crippen LogP contribution is 2.29. The van der Waals surface area contributed by atoms with Gasteiger partial charge in [0, 0.05) is 17.5 Å². The summed E-state index contributed by atoms with van der Waals surface area (Å²) in [6, 6.07) is 11.5. The third-order valence-electron chi connectivity index (χ3n) is 2.99. The molecule has 0 N–H and O–H groups in total. The Morgan fingerprint density at radius 3 is 2.35 bits per heavy atom. The number of nitrogens with zero attached hydrogens (tertiary/aromatic N) is 1. The van der Waals surface area contributed by atoms with Crippen LogP contribution in [0.5, 0.6) is 17.2 Å². The molecular formula is C16H16ClNO5. The molecule has 7 heteroatoms. The maximum Gasteiger partial charge on any atom is 0.312 e. The van der Waals surface area contributed by atoms with Gasteiger partial charge in [0.1, 0.15) is 11.5 Å². The minimum atomic E-state index is -0.519. The lowest BCUT2D eigenvalue weighted by Crippen LogP contribution is -2.06. The third-order valence-corrected chi connectivity index (χ3v) is 3.23. The number of benzene rings is 2. The first-order valence-corrected chi connectivity index (χ1v) is 7.31. The zero-order valence-corrected chi connectivity index (χ0v) is 13.3. The second-order valence-corrected chi connectivity index (χ2v) is 5.03. The lowest BCUT2D eigenvalue weighted by molar-refractivity contribution is -0.385. The van der Waals surface area contributed by atoms with Gasteiger partial charge in [-0.2, -0.15) is 0 Å². The van der Waals surface area contributed by atoms with E-state index in [1.54, 1.807) is 13.2 Å². The Hall–Kier alpha value is -2.47. The molecule has 2 aromatic rings. The van der Waals surface area contributed by atoms with Crippen molar-refractivity contribution in [3.8, 4) is 17.2 Å². The van der Waals surface area contributed by atoms with Gasteiger partial charge in [0.2, 0.25) is 0 Å². The molecule has 0 aliphatic rings. The number of methoxy groups -OCH3 is 1. The van der Waals surface area contributed by atoms with Gasteiger partial charge in [0.15, 0.2) is 5.75 Å². The van der Waals surface area contributed by atoms with E-state index in [1.165, 1.54) is 12.1 Å². The van der Waals surface area contributed by atoms with Gasteiger partial charge in [-0.3, -0.25) is 10.1 Å². The number of rotatable bonds is 8. The predicted molar refractivity (Wildman–Crippen MR) is 86.7 cm³/mol. The Labute approximate surface area is 138 Å². The normalized spacial score (nSPS) is 10.2. The molecule has 0 saturated carbocycles. The molecule has 0 unspecified atom stereocenters. The van der Waals surface area contributed by atoms with Crippen LogP contribution in [-0.2, 0) is 0 Å². The van der Waals surface area contributed by atoms with E-state index in [4.69, 9.17) is 25.8 Å². The SMILES string of the molecule is COc1ccc(OCCCOc2ccc(Cl)cc2[N+](=O)[O-])cc1. The van der Waals surface area contributed by atoms with Crippen LogP contribution < -0.4 is 14.2 Å². The van der Waals surface area contributed by atoms with Crippen molar-refractivity contribution in [1.29, 1.82) is 0 Å². The number of hydrogen-bond donors (Lipinski definition) is 0. The van der Waals surface area contributed by atoms with Crippen molar-refractivity contribution in [1.82, 2.24) is 0 Å². The molecule has 0 amide bonds. The van der Waals surface area contributed by atoms with Gasteiger partial charge in [-0.15, -0.1) is 0 Å². The Kier molecular flexibility index (Phi) is 6.05. The Morgan fingerprint density at radius 1 is 1.04 bits per heavy atom. The van der Waals surface area contributed by atoms with Gasteiger partial charge in [-0.1, -0.05) is 11.6 Å². The summed E-state index contributed by atoms with van der Waals surface area (Å²) < 4.78 is 16.0. The van der Waals surface area contributed by atoms with Gasteiger partial charge in [-0.05, 0) is 36.4 Å². The molecule has 0 bridgehead atoms. The lowest BCUT2D eigenvalue weighted by Gasteiger charge is -2.09. The van der Waals surface area contributed by atoms with E-state index in [0.29, 0.717) is 24.7 Å². The van der Waals surface area contributed by atoms with E-state index in [9.17, 15) is 10.1 Å². The fourth-order valence-electron chi connectivity index (χ4n) is 1.86. The monoisotopic (exact) mass is 337 g/mol. The summed E-state index contributed by atoms with van der Waals surface area (Å²) in [7, 11) is 1.60. The number of nitro groups is 1. The molecule has 6 nitrogen and oxygen atoms in total. The topological polar surface area (TPSA) is 70.8 Å². The van der Waals surface area contributed by atoms with Crippen molar-refractivity contribution in [2.75, 3.05) is 20.3 Å². The van der Waals surface area contributed by atoms with Crippen LogP contribution in [0.1, 0.15) is 6.42 Å². The molecule has 0 aliphatic carbocycles. The standard InChI is InChI=1S/C16H16ClNO5/c1-21-13-4-6-14(7-5-13)22-9-2-10-23-16-8-3-12(17)11-15(16)18(19)20/h3-8,11H,2,9-10H2,1H3. The second kappa shape index (κ2) is 8.24. The Balaban J connectivity index is 1.78. The highest BCUT2D eigenvalue weighted by molar-refractivity contribution is 6.30. The predicted octanol–water partition coefficient (Wildman–Crippen LogP) is 4.10. The fraction of sp³-hybridized carbons (Fsp3) is 0.250. The minimum absolute atomic E-state index is 0.145. The first-order chi connectivity index (χ1) is 11.1. The molecule has 0 radical (unpaired) electrons. The van der Waals surface area contributed by atoms with E-state index < -0.39 is 4.92 Å². The molecule has 0 atom stereocenters. The molecule has 0 fully saturated rings. The molecule has 0 saturated heterocycles. The first kappa shape index (κ1) is 16.9. The van der Waals surface area contributed by atoms with Crippen LogP contribution in [0.3, 0.4) is 0 Å². The van der Waals surface area contributed by atoms with Gasteiger partial charge in [-0.25, -0.2) is 0 Å². The van der Waals surface area contributed by atoms with Crippen LogP contribution in [0, 0.1) is 10.1 Å². The molecular weight excluding hydrogens is 322 g/mol. The molecule has 122 valence electrons. The molecule has 0 aliphatic heterocycles. The van der Waals surface area contributed by atoms with Crippen LogP contribution in [0.25, 0.3) is 0 Å². The zero-order valence-electron chi connectivity index (χ0n) is 12.5. The molecule has 2 aromatic carbocycles. The Bertz CT molecular complexity index is 660. The van der Waals surface area contributed by atoms with Crippen LogP contribution >= 0.6 is 11.6 Å². The van der Waals surface area contributed by atoms with Gasteiger partial charge in [0.05, 0.1) is 25.2 Å². The van der Waals surface area contributed by atoms with Crippen molar-refractivity contribution >= 4 is 17.3 Å². The van der Waals surface area contributed by atoms with Gasteiger partial charge >= 0.3 is 5.69 Å². The maximum atomic E-state index is 10.9. The fourth-order valence-corrected chi connectivity index (χ4v) is 2.02. The zero-order chi connectivity index (χ0) is 16.7. The van der Waals surface area contributed by atoms with Crippen molar-refractivity contribution in [3.05, 3.63) is 57.6 Å². The summed E-state index contributed by atoms with van der Waals surface area (Å²) >= 11 is 5.75. The molecule has 23 heavy (non-hydrogen) atoms. The van der Waals surface area contributed by atoms with E-state index >= 15 is 0 Å². The summed E-state index contributed by atoms with van der Waals surface area (Å²) in [5.41, 5.74) is -0.145. The summed E-state index contributed by atoms with van der Waals surface area (Å²) in [4.78, 5) is 10.4.